The van der Waals surface area contributed by atoms with E-state index in [1.54, 1.807) is 17.0 Å². The van der Waals surface area contributed by atoms with Crippen molar-refractivity contribution in [2.45, 2.75) is 33.4 Å². The number of nitrogens with zero attached hydrogens (tertiary/aromatic N) is 2. The van der Waals surface area contributed by atoms with E-state index < -0.39 is 0 Å². The van der Waals surface area contributed by atoms with E-state index in [1.165, 1.54) is 12.1 Å². The highest BCUT2D eigenvalue weighted by molar-refractivity contribution is 5.89. The summed E-state index contributed by atoms with van der Waals surface area (Å²) < 4.78 is 13.2. The topological polar surface area (TPSA) is 64.7 Å². The molecule has 2 aromatic rings. The first-order chi connectivity index (χ1) is 13.8. The van der Waals surface area contributed by atoms with E-state index in [4.69, 9.17) is 0 Å². The average molecular weight is 400 g/mol. The van der Waals surface area contributed by atoms with Gasteiger partial charge < -0.3 is 20.4 Å². The highest BCUT2D eigenvalue weighted by Crippen LogP contribution is 2.25. The molecule has 0 saturated heterocycles. The third-order valence-corrected chi connectivity index (χ3v) is 4.46. The van der Waals surface area contributed by atoms with Gasteiger partial charge in [0.05, 0.1) is 0 Å². The van der Waals surface area contributed by atoms with Gasteiger partial charge in [0.1, 0.15) is 5.82 Å². The zero-order chi connectivity index (χ0) is 21.4. The Morgan fingerprint density at radius 3 is 2.28 bits per heavy atom. The van der Waals surface area contributed by atoms with Gasteiger partial charge in [-0.3, -0.25) is 4.79 Å². The Kier molecular flexibility index (Phi) is 8.00. The van der Waals surface area contributed by atoms with Crippen LogP contribution in [0.15, 0.2) is 42.5 Å². The van der Waals surface area contributed by atoms with Gasteiger partial charge in [-0.2, -0.15) is 0 Å². The maximum Gasteiger partial charge on any atom is 0.319 e. The van der Waals surface area contributed by atoms with Crippen LogP contribution < -0.4 is 15.5 Å². The van der Waals surface area contributed by atoms with Gasteiger partial charge >= 0.3 is 6.03 Å². The Labute approximate surface area is 171 Å². The van der Waals surface area contributed by atoms with Gasteiger partial charge in [-0.1, -0.05) is 19.1 Å². The van der Waals surface area contributed by atoms with E-state index in [2.05, 4.69) is 10.6 Å². The highest BCUT2D eigenvalue weighted by atomic mass is 19.1. The molecule has 2 N–H and O–H groups in total. The first-order valence-electron chi connectivity index (χ1n) is 9.71. The highest BCUT2D eigenvalue weighted by Gasteiger charge is 2.17. The van der Waals surface area contributed by atoms with Crippen molar-refractivity contribution in [3.63, 3.8) is 0 Å². The molecule has 0 spiro atoms. The Balaban J connectivity index is 2.30. The van der Waals surface area contributed by atoms with Crippen molar-refractivity contribution < 1.29 is 14.0 Å². The number of anilines is 2. The van der Waals surface area contributed by atoms with Crippen LogP contribution in [-0.4, -0.2) is 37.5 Å². The third-order valence-electron chi connectivity index (χ3n) is 4.46. The Morgan fingerprint density at radius 1 is 1.00 bits per heavy atom. The van der Waals surface area contributed by atoms with Crippen LogP contribution in [0, 0.1) is 5.82 Å². The van der Waals surface area contributed by atoms with Gasteiger partial charge in [0.15, 0.2) is 0 Å². The Morgan fingerprint density at radius 2 is 1.69 bits per heavy atom. The second kappa shape index (κ2) is 10.5. The van der Waals surface area contributed by atoms with Gasteiger partial charge in [-0.05, 0) is 48.4 Å². The van der Waals surface area contributed by atoms with Crippen molar-refractivity contribution in [3.05, 3.63) is 59.4 Å². The number of amides is 3. The fourth-order valence-electron chi connectivity index (χ4n) is 3.03. The van der Waals surface area contributed by atoms with Crippen molar-refractivity contribution in [1.82, 2.24) is 10.2 Å². The van der Waals surface area contributed by atoms with E-state index in [-0.39, 0.29) is 17.8 Å². The SMILES string of the molecule is CCNC(=O)Nc1ccc(N(C)C)c(CN(Cc2ccc(F)cc2)C(=O)CC)c1. The standard InChI is InChI=1S/C22H29FN4O2/c1-5-21(28)27(14-16-7-9-18(23)10-8-16)15-17-13-19(25-22(29)24-6-2)11-12-20(17)26(3)4/h7-13H,5-6,14-15H2,1-4H3,(H2,24,25,29). The van der Waals surface area contributed by atoms with Crippen LogP contribution in [0.25, 0.3) is 0 Å². The van der Waals surface area contributed by atoms with Crippen molar-refractivity contribution >= 4 is 23.3 Å². The predicted molar refractivity (Wildman–Crippen MR) is 114 cm³/mol. The lowest BCUT2D eigenvalue weighted by Crippen LogP contribution is -2.30. The normalized spacial score (nSPS) is 10.4. The molecule has 0 aromatic heterocycles. The van der Waals surface area contributed by atoms with E-state index >= 15 is 0 Å². The third kappa shape index (κ3) is 6.48. The van der Waals surface area contributed by atoms with E-state index in [9.17, 15) is 14.0 Å². The number of carbonyl (C=O) groups excluding carboxylic acids is 2. The van der Waals surface area contributed by atoms with E-state index in [1.807, 2.05) is 51.0 Å². The molecule has 0 atom stereocenters. The summed E-state index contributed by atoms with van der Waals surface area (Å²) in [6.45, 7) is 4.96. The van der Waals surface area contributed by atoms with E-state index in [0.717, 1.165) is 16.8 Å². The fourth-order valence-corrected chi connectivity index (χ4v) is 3.03. The molecule has 0 heterocycles. The monoisotopic (exact) mass is 400 g/mol. The number of hydrogen-bond acceptors (Lipinski definition) is 3. The predicted octanol–water partition coefficient (Wildman–Crippen LogP) is 3.97. The summed E-state index contributed by atoms with van der Waals surface area (Å²) in [7, 11) is 3.86. The van der Waals surface area contributed by atoms with Crippen molar-refractivity contribution in [2.75, 3.05) is 30.9 Å². The minimum absolute atomic E-state index is 0.00104. The van der Waals surface area contributed by atoms with Crippen molar-refractivity contribution in [3.8, 4) is 0 Å². The number of urea groups is 1. The summed E-state index contributed by atoms with van der Waals surface area (Å²) in [5.41, 5.74) is 3.38. The number of hydrogen-bond donors (Lipinski definition) is 2. The van der Waals surface area contributed by atoms with Crippen molar-refractivity contribution in [2.24, 2.45) is 0 Å². The zero-order valence-corrected chi connectivity index (χ0v) is 17.5. The minimum atomic E-state index is -0.304. The summed E-state index contributed by atoms with van der Waals surface area (Å²) in [6.07, 6.45) is 0.370. The molecule has 0 aliphatic rings. The van der Waals surface area contributed by atoms with Crippen LogP contribution in [0.1, 0.15) is 31.4 Å². The first-order valence-corrected chi connectivity index (χ1v) is 9.71. The van der Waals surface area contributed by atoms with Gasteiger partial charge in [-0.15, -0.1) is 0 Å². The van der Waals surface area contributed by atoms with Crippen LogP contribution >= 0.6 is 0 Å². The number of benzene rings is 2. The lowest BCUT2D eigenvalue weighted by atomic mass is 10.1. The summed E-state index contributed by atoms with van der Waals surface area (Å²) in [5.74, 6) is -0.303. The van der Waals surface area contributed by atoms with Crippen LogP contribution in [0.2, 0.25) is 0 Å². The molecule has 156 valence electrons. The number of carbonyl (C=O) groups is 2. The molecule has 0 aliphatic carbocycles. The molecule has 29 heavy (non-hydrogen) atoms. The minimum Gasteiger partial charge on any atom is -0.377 e. The molecule has 0 fully saturated rings. The molecule has 0 bridgehead atoms. The lowest BCUT2D eigenvalue weighted by molar-refractivity contribution is -0.132. The quantitative estimate of drug-likeness (QED) is 0.705. The van der Waals surface area contributed by atoms with Crippen molar-refractivity contribution in [1.29, 1.82) is 0 Å². The second-order valence-electron chi connectivity index (χ2n) is 6.95. The maximum absolute atomic E-state index is 13.2. The molecular weight excluding hydrogens is 371 g/mol. The van der Waals surface area contributed by atoms with E-state index in [0.29, 0.717) is 31.7 Å². The average Bonchev–Trinajstić information content (AvgIpc) is 2.68. The van der Waals surface area contributed by atoms with Crippen LogP contribution in [0.4, 0.5) is 20.6 Å². The first kappa shape index (κ1) is 22.2. The molecule has 0 radical (unpaired) electrons. The Bertz CT molecular complexity index is 837. The lowest BCUT2D eigenvalue weighted by Gasteiger charge is -2.26. The van der Waals surface area contributed by atoms with Gasteiger partial charge in [0, 0.05) is 51.5 Å². The summed E-state index contributed by atoms with van der Waals surface area (Å²) in [6, 6.07) is 11.5. The molecule has 0 saturated carbocycles. The molecule has 2 rings (SSSR count). The largest absolute Gasteiger partial charge is 0.377 e. The summed E-state index contributed by atoms with van der Waals surface area (Å²) >= 11 is 0. The molecule has 0 unspecified atom stereocenters. The molecular formula is C22H29FN4O2. The van der Waals surface area contributed by atoms with Crippen LogP contribution in [0.3, 0.4) is 0 Å². The molecule has 3 amide bonds. The molecule has 0 aliphatic heterocycles. The number of nitrogens with one attached hydrogen (secondary N) is 2. The molecule has 2 aromatic carbocycles. The maximum atomic E-state index is 13.2. The van der Waals surface area contributed by atoms with Gasteiger partial charge in [0.2, 0.25) is 5.91 Å². The fraction of sp³-hybridized carbons (Fsp3) is 0.364. The number of rotatable bonds is 8. The van der Waals surface area contributed by atoms with Gasteiger partial charge in [0.25, 0.3) is 0 Å². The number of halogens is 1. The van der Waals surface area contributed by atoms with Crippen LogP contribution in [0.5, 0.6) is 0 Å². The Hall–Kier alpha value is -3.09. The molecule has 6 nitrogen and oxygen atoms in total. The van der Waals surface area contributed by atoms with Crippen LogP contribution in [-0.2, 0) is 17.9 Å². The summed E-state index contributed by atoms with van der Waals surface area (Å²) in [5, 5.41) is 5.51. The second-order valence-corrected chi connectivity index (χ2v) is 6.95. The molecule has 7 heteroatoms. The summed E-state index contributed by atoms with van der Waals surface area (Å²) in [4.78, 5) is 28.1. The zero-order valence-electron chi connectivity index (χ0n) is 17.5. The smallest absolute Gasteiger partial charge is 0.319 e. The van der Waals surface area contributed by atoms with Gasteiger partial charge in [-0.25, -0.2) is 9.18 Å².